The second kappa shape index (κ2) is 3.59. The molecule has 1 aliphatic rings. The Morgan fingerprint density at radius 3 is 3.08 bits per heavy atom. The van der Waals surface area contributed by atoms with E-state index in [0.29, 0.717) is 24.0 Å². The van der Waals surface area contributed by atoms with Gasteiger partial charge >= 0.3 is 0 Å². The van der Waals surface area contributed by atoms with E-state index < -0.39 is 0 Å². The molecule has 0 spiro atoms. The summed E-state index contributed by atoms with van der Waals surface area (Å²) in [7, 11) is 0. The second-order valence-electron chi connectivity index (χ2n) is 2.90. The van der Waals surface area contributed by atoms with Crippen molar-refractivity contribution < 1.29 is 4.79 Å². The molecule has 0 bridgehead atoms. The van der Waals surface area contributed by atoms with Gasteiger partial charge in [-0.3, -0.25) is 9.69 Å². The molecule has 0 saturated carbocycles. The number of amides is 1. The summed E-state index contributed by atoms with van der Waals surface area (Å²) >= 11 is 5.31. The third-order valence-electron chi connectivity index (χ3n) is 1.98. The Balaban J connectivity index is 2.14. The van der Waals surface area contributed by atoms with Crippen LogP contribution < -0.4 is 4.90 Å². The lowest BCUT2D eigenvalue weighted by Gasteiger charge is -2.09. The molecule has 1 aromatic heterocycles. The highest BCUT2D eigenvalue weighted by Crippen LogP contribution is 2.25. The standard InChI is InChI=1S/C6H8N4OS2/c11-5-1-4(3-12)2-10(5)6-7-8-9-13-6/h4,12H,1-3H2. The Hall–Kier alpha value is -0.690. The van der Waals surface area contributed by atoms with Gasteiger partial charge in [-0.2, -0.15) is 12.6 Å². The first-order valence-corrected chi connectivity index (χ1v) is 5.28. The van der Waals surface area contributed by atoms with Gasteiger partial charge in [-0.1, -0.05) is 9.59 Å². The van der Waals surface area contributed by atoms with Gasteiger partial charge in [0.2, 0.25) is 11.0 Å². The number of hydrogen-bond acceptors (Lipinski definition) is 6. The van der Waals surface area contributed by atoms with Crippen molar-refractivity contribution >= 4 is 35.2 Å². The van der Waals surface area contributed by atoms with Crippen LogP contribution in [0.1, 0.15) is 6.42 Å². The van der Waals surface area contributed by atoms with E-state index >= 15 is 0 Å². The van der Waals surface area contributed by atoms with E-state index in [1.54, 1.807) is 4.90 Å². The fraction of sp³-hybridized carbons (Fsp3) is 0.667. The highest BCUT2D eigenvalue weighted by atomic mass is 32.1. The number of nitrogens with zero attached hydrogens (tertiary/aromatic N) is 4. The van der Waals surface area contributed by atoms with E-state index in [9.17, 15) is 4.79 Å². The average Bonchev–Trinajstić information content (AvgIpc) is 2.72. The van der Waals surface area contributed by atoms with Crippen LogP contribution in [0.3, 0.4) is 0 Å². The predicted molar refractivity (Wildman–Crippen MR) is 52.0 cm³/mol. The molecule has 0 radical (unpaired) electrons. The minimum absolute atomic E-state index is 0.0950. The summed E-state index contributed by atoms with van der Waals surface area (Å²) in [5, 5.41) is 7.80. The normalized spacial score (nSPS) is 22.7. The van der Waals surface area contributed by atoms with E-state index in [-0.39, 0.29) is 5.91 Å². The summed E-state index contributed by atoms with van der Waals surface area (Å²) in [5.74, 6) is 1.16. The Bertz CT molecular complexity index is 302. The van der Waals surface area contributed by atoms with E-state index in [2.05, 4.69) is 27.4 Å². The van der Waals surface area contributed by atoms with Crippen molar-refractivity contribution in [2.75, 3.05) is 17.2 Å². The average molecular weight is 216 g/mol. The van der Waals surface area contributed by atoms with Crippen molar-refractivity contribution in [2.24, 2.45) is 5.92 Å². The van der Waals surface area contributed by atoms with E-state index in [1.165, 1.54) is 0 Å². The Kier molecular flexibility index (Phi) is 2.45. The molecule has 70 valence electrons. The van der Waals surface area contributed by atoms with Crippen LogP contribution in [0.15, 0.2) is 0 Å². The number of aromatic nitrogens is 3. The molecule has 5 nitrogen and oxygen atoms in total. The van der Waals surface area contributed by atoms with Crippen LogP contribution in [0.25, 0.3) is 0 Å². The van der Waals surface area contributed by atoms with Crippen LogP contribution in [0.5, 0.6) is 0 Å². The van der Waals surface area contributed by atoms with Crippen molar-refractivity contribution in [3.63, 3.8) is 0 Å². The predicted octanol–water partition coefficient (Wildman–Crippen LogP) is 0.216. The molecule has 1 aromatic rings. The molecule has 1 aliphatic heterocycles. The smallest absolute Gasteiger partial charge is 0.234 e. The number of carbonyl (C=O) groups is 1. The van der Waals surface area contributed by atoms with E-state index in [1.807, 2.05) is 0 Å². The fourth-order valence-corrected chi connectivity index (χ4v) is 2.06. The van der Waals surface area contributed by atoms with Crippen LogP contribution in [0.2, 0.25) is 0 Å². The van der Waals surface area contributed by atoms with E-state index in [0.717, 1.165) is 17.3 Å². The molecule has 1 fully saturated rings. The maximum Gasteiger partial charge on any atom is 0.234 e. The van der Waals surface area contributed by atoms with Gasteiger partial charge in [-0.25, -0.2) is 0 Å². The Labute approximate surface area is 84.7 Å². The zero-order valence-corrected chi connectivity index (χ0v) is 8.46. The molecular weight excluding hydrogens is 208 g/mol. The second-order valence-corrected chi connectivity index (χ2v) is 3.98. The van der Waals surface area contributed by atoms with E-state index in [4.69, 9.17) is 0 Å². The third-order valence-corrected chi connectivity index (χ3v) is 3.12. The largest absolute Gasteiger partial charge is 0.285 e. The zero-order chi connectivity index (χ0) is 9.26. The lowest BCUT2D eigenvalue weighted by atomic mass is 10.1. The third kappa shape index (κ3) is 1.66. The monoisotopic (exact) mass is 216 g/mol. The summed E-state index contributed by atoms with van der Waals surface area (Å²) in [6.45, 7) is 0.694. The van der Waals surface area contributed by atoms with Crippen LogP contribution in [-0.4, -0.2) is 33.0 Å². The Morgan fingerprint density at radius 1 is 1.69 bits per heavy atom. The SMILES string of the molecule is O=C1CC(CS)CN1c1nnns1. The summed E-state index contributed by atoms with van der Waals surface area (Å²) in [6.07, 6.45) is 0.559. The van der Waals surface area contributed by atoms with Gasteiger partial charge in [0.15, 0.2) is 0 Å². The summed E-state index contributed by atoms with van der Waals surface area (Å²) in [6, 6.07) is 0. The van der Waals surface area contributed by atoms with Gasteiger partial charge in [0.05, 0.1) is 0 Å². The Morgan fingerprint density at radius 2 is 2.54 bits per heavy atom. The van der Waals surface area contributed by atoms with Crippen LogP contribution in [0.4, 0.5) is 5.13 Å². The van der Waals surface area contributed by atoms with Crippen molar-refractivity contribution in [2.45, 2.75) is 6.42 Å². The number of thiol groups is 1. The number of hydrogen-bond donors (Lipinski definition) is 1. The molecule has 1 unspecified atom stereocenters. The number of carbonyl (C=O) groups excluding carboxylic acids is 1. The van der Waals surface area contributed by atoms with Crippen molar-refractivity contribution in [3.05, 3.63) is 0 Å². The molecule has 1 saturated heterocycles. The first-order valence-electron chi connectivity index (χ1n) is 3.87. The fourth-order valence-electron chi connectivity index (χ4n) is 1.32. The maximum absolute atomic E-state index is 11.4. The van der Waals surface area contributed by atoms with Gasteiger partial charge in [0, 0.05) is 24.5 Å². The number of anilines is 1. The molecule has 0 N–H and O–H groups in total. The summed E-state index contributed by atoms with van der Waals surface area (Å²) in [5.41, 5.74) is 0. The topological polar surface area (TPSA) is 59.0 Å². The minimum atomic E-state index is 0.0950. The zero-order valence-electron chi connectivity index (χ0n) is 6.75. The maximum atomic E-state index is 11.4. The first-order chi connectivity index (χ1) is 6.31. The molecule has 2 heterocycles. The highest BCUT2D eigenvalue weighted by Gasteiger charge is 2.31. The first kappa shape index (κ1) is 8.89. The molecule has 0 aliphatic carbocycles. The van der Waals surface area contributed by atoms with Gasteiger partial charge in [-0.05, 0) is 16.9 Å². The highest BCUT2D eigenvalue weighted by molar-refractivity contribution is 7.80. The molecule has 2 rings (SSSR count). The van der Waals surface area contributed by atoms with Gasteiger partial charge in [-0.15, -0.1) is 0 Å². The van der Waals surface area contributed by atoms with Crippen LogP contribution in [0, 0.1) is 5.92 Å². The lowest BCUT2D eigenvalue weighted by Crippen LogP contribution is -2.24. The lowest BCUT2D eigenvalue weighted by molar-refractivity contribution is -0.117. The minimum Gasteiger partial charge on any atom is -0.285 e. The van der Waals surface area contributed by atoms with Crippen LogP contribution >= 0.6 is 24.2 Å². The quantitative estimate of drug-likeness (QED) is 0.718. The van der Waals surface area contributed by atoms with Crippen molar-refractivity contribution in [1.29, 1.82) is 0 Å². The van der Waals surface area contributed by atoms with Crippen molar-refractivity contribution in [1.82, 2.24) is 14.8 Å². The molecule has 1 atom stereocenters. The van der Waals surface area contributed by atoms with Gasteiger partial charge in [0.25, 0.3) is 0 Å². The molecule has 0 aromatic carbocycles. The summed E-state index contributed by atoms with van der Waals surface area (Å²) in [4.78, 5) is 13.1. The van der Waals surface area contributed by atoms with Gasteiger partial charge < -0.3 is 0 Å². The molecule has 1 amide bonds. The molecule has 13 heavy (non-hydrogen) atoms. The molecule has 7 heteroatoms. The van der Waals surface area contributed by atoms with Gasteiger partial charge in [0.1, 0.15) is 0 Å². The summed E-state index contributed by atoms with van der Waals surface area (Å²) < 4.78 is 3.62. The number of rotatable bonds is 2. The molecular formula is C6H8N4OS2. The van der Waals surface area contributed by atoms with Crippen molar-refractivity contribution in [3.8, 4) is 0 Å². The van der Waals surface area contributed by atoms with Crippen LogP contribution in [-0.2, 0) is 4.79 Å².